The highest BCUT2D eigenvalue weighted by Gasteiger charge is 2.15. The molecule has 2 heteroatoms. The molecule has 1 aliphatic rings. The molecule has 1 fully saturated rings. The number of ketones is 1. The maximum absolute atomic E-state index is 10.7. The van der Waals surface area contributed by atoms with Gasteiger partial charge in [0.15, 0.2) is 0 Å². The summed E-state index contributed by atoms with van der Waals surface area (Å²) in [5, 5.41) is 3.17. The van der Waals surface area contributed by atoms with E-state index in [1.165, 1.54) is 12.8 Å². The van der Waals surface area contributed by atoms with Gasteiger partial charge >= 0.3 is 0 Å². The van der Waals surface area contributed by atoms with Crippen molar-refractivity contribution in [2.75, 3.05) is 6.54 Å². The molecule has 0 bridgehead atoms. The molecule has 0 spiro atoms. The van der Waals surface area contributed by atoms with Gasteiger partial charge < -0.3 is 5.32 Å². The molecule has 2 nitrogen and oxygen atoms in total. The second-order valence-electron chi connectivity index (χ2n) is 2.61. The second-order valence-corrected chi connectivity index (χ2v) is 2.61. The Labute approximate surface area is 55.6 Å². The monoisotopic (exact) mass is 127 g/mol. The summed E-state index contributed by atoms with van der Waals surface area (Å²) in [6, 6.07) is 0.166. The number of hydrogen-bond acceptors (Lipinski definition) is 2. The van der Waals surface area contributed by atoms with Crippen molar-refractivity contribution in [1.82, 2.24) is 5.32 Å². The van der Waals surface area contributed by atoms with Crippen molar-refractivity contribution in [3.05, 3.63) is 0 Å². The molecule has 0 radical (unpaired) electrons. The Kier molecular flexibility index (Phi) is 2.22. The van der Waals surface area contributed by atoms with Gasteiger partial charge in [0.1, 0.15) is 5.78 Å². The first-order valence-electron chi connectivity index (χ1n) is 3.54. The molecular weight excluding hydrogens is 114 g/mol. The zero-order valence-electron chi connectivity index (χ0n) is 5.81. The molecule has 9 heavy (non-hydrogen) atoms. The Hall–Kier alpha value is -0.370. The van der Waals surface area contributed by atoms with E-state index in [0.717, 1.165) is 13.0 Å². The summed E-state index contributed by atoms with van der Waals surface area (Å²) in [6.45, 7) is 2.67. The number of piperidine rings is 1. The highest BCUT2D eigenvalue weighted by Crippen LogP contribution is 2.06. The van der Waals surface area contributed by atoms with Crippen molar-refractivity contribution >= 4 is 5.78 Å². The highest BCUT2D eigenvalue weighted by atomic mass is 16.1. The van der Waals surface area contributed by atoms with E-state index < -0.39 is 0 Å². The Morgan fingerprint density at radius 1 is 1.56 bits per heavy atom. The van der Waals surface area contributed by atoms with Crippen molar-refractivity contribution in [3.8, 4) is 0 Å². The fraction of sp³-hybridized carbons (Fsp3) is 0.857. The molecule has 1 heterocycles. The highest BCUT2D eigenvalue weighted by molar-refractivity contribution is 5.81. The van der Waals surface area contributed by atoms with Crippen LogP contribution in [0.2, 0.25) is 0 Å². The molecule has 0 aliphatic carbocycles. The van der Waals surface area contributed by atoms with Crippen LogP contribution in [0.25, 0.3) is 0 Å². The maximum atomic E-state index is 10.7. The Morgan fingerprint density at radius 3 is 2.67 bits per heavy atom. The van der Waals surface area contributed by atoms with Gasteiger partial charge in [0.05, 0.1) is 6.04 Å². The van der Waals surface area contributed by atoms with E-state index in [-0.39, 0.29) is 11.8 Å². The van der Waals surface area contributed by atoms with Crippen LogP contribution in [0.4, 0.5) is 0 Å². The Balaban J connectivity index is 2.31. The number of Topliss-reactive ketones (excluding diaryl/α,β-unsaturated/α-hetero) is 1. The summed E-state index contributed by atoms with van der Waals surface area (Å²) >= 11 is 0. The van der Waals surface area contributed by atoms with Crippen LogP contribution in [0.1, 0.15) is 26.2 Å². The van der Waals surface area contributed by atoms with Gasteiger partial charge in [-0.15, -0.1) is 0 Å². The predicted molar refractivity (Wildman–Crippen MR) is 36.3 cm³/mol. The molecule has 1 aliphatic heterocycles. The number of nitrogens with one attached hydrogen (secondary N) is 1. The molecule has 0 aromatic heterocycles. The van der Waals surface area contributed by atoms with Crippen molar-refractivity contribution in [2.45, 2.75) is 32.2 Å². The van der Waals surface area contributed by atoms with E-state index >= 15 is 0 Å². The lowest BCUT2D eigenvalue weighted by atomic mass is 10.0. The summed E-state index contributed by atoms with van der Waals surface area (Å²) in [4.78, 5) is 10.7. The fourth-order valence-electron chi connectivity index (χ4n) is 1.20. The molecular formula is C7H13NO. The van der Waals surface area contributed by atoms with Crippen molar-refractivity contribution in [2.24, 2.45) is 0 Å². The number of rotatable bonds is 1. The van der Waals surface area contributed by atoms with E-state index in [1.807, 2.05) is 0 Å². The van der Waals surface area contributed by atoms with E-state index in [0.29, 0.717) is 0 Å². The summed E-state index contributed by atoms with van der Waals surface area (Å²) < 4.78 is 0. The van der Waals surface area contributed by atoms with Crippen molar-refractivity contribution < 1.29 is 4.79 Å². The standard InChI is InChI=1S/C7H13NO/c1-6(9)7-4-2-3-5-8-7/h7-8H,2-5H2,1H3. The lowest BCUT2D eigenvalue weighted by molar-refractivity contribution is -0.119. The largest absolute Gasteiger partial charge is 0.307 e. The van der Waals surface area contributed by atoms with Gasteiger partial charge in [-0.1, -0.05) is 6.42 Å². The molecule has 52 valence electrons. The maximum Gasteiger partial charge on any atom is 0.146 e. The average Bonchev–Trinajstić information content (AvgIpc) is 1.90. The van der Waals surface area contributed by atoms with Gasteiger partial charge in [-0.05, 0) is 26.3 Å². The number of carbonyl (C=O) groups excluding carboxylic acids is 1. The van der Waals surface area contributed by atoms with E-state index in [1.54, 1.807) is 6.92 Å². The summed E-state index contributed by atoms with van der Waals surface area (Å²) in [5.41, 5.74) is 0. The smallest absolute Gasteiger partial charge is 0.146 e. The van der Waals surface area contributed by atoms with Crippen LogP contribution in [0.5, 0.6) is 0 Å². The lowest BCUT2D eigenvalue weighted by Gasteiger charge is -2.20. The van der Waals surface area contributed by atoms with Crippen LogP contribution in [0.3, 0.4) is 0 Å². The minimum absolute atomic E-state index is 0.166. The predicted octanol–water partition coefficient (Wildman–Crippen LogP) is 0.718. The third kappa shape index (κ3) is 1.79. The molecule has 1 saturated heterocycles. The normalized spacial score (nSPS) is 27.9. The summed E-state index contributed by atoms with van der Waals surface area (Å²) in [5.74, 6) is 0.287. The quantitative estimate of drug-likeness (QED) is 0.562. The third-order valence-electron chi connectivity index (χ3n) is 1.80. The SMILES string of the molecule is CC(=O)C1CCCCN1. The molecule has 0 amide bonds. The van der Waals surface area contributed by atoms with Crippen LogP contribution in [0, 0.1) is 0 Å². The minimum atomic E-state index is 0.166. The van der Waals surface area contributed by atoms with Gasteiger partial charge in [-0.25, -0.2) is 0 Å². The lowest BCUT2D eigenvalue weighted by Crippen LogP contribution is -2.38. The van der Waals surface area contributed by atoms with Gasteiger partial charge in [0, 0.05) is 0 Å². The summed E-state index contributed by atoms with van der Waals surface area (Å²) in [6.07, 6.45) is 3.47. The van der Waals surface area contributed by atoms with Crippen LogP contribution in [-0.4, -0.2) is 18.4 Å². The molecule has 0 aromatic carbocycles. The molecule has 0 saturated carbocycles. The molecule has 0 aromatic rings. The first-order chi connectivity index (χ1) is 4.30. The van der Waals surface area contributed by atoms with Gasteiger partial charge in [-0.2, -0.15) is 0 Å². The zero-order chi connectivity index (χ0) is 6.69. The molecule has 1 atom stereocenters. The van der Waals surface area contributed by atoms with E-state index in [4.69, 9.17) is 0 Å². The van der Waals surface area contributed by atoms with Crippen LogP contribution < -0.4 is 5.32 Å². The van der Waals surface area contributed by atoms with Crippen molar-refractivity contribution in [1.29, 1.82) is 0 Å². The van der Waals surface area contributed by atoms with Crippen LogP contribution in [-0.2, 0) is 4.79 Å². The minimum Gasteiger partial charge on any atom is -0.307 e. The Bertz CT molecular complexity index is 105. The third-order valence-corrected chi connectivity index (χ3v) is 1.80. The average molecular weight is 127 g/mol. The molecule has 1 rings (SSSR count). The van der Waals surface area contributed by atoms with Crippen molar-refractivity contribution in [3.63, 3.8) is 0 Å². The Morgan fingerprint density at radius 2 is 2.33 bits per heavy atom. The van der Waals surface area contributed by atoms with Gasteiger partial charge in [0.25, 0.3) is 0 Å². The second kappa shape index (κ2) is 2.97. The van der Waals surface area contributed by atoms with E-state index in [2.05, 4.69) is 5.32 Å². The molecule has 1 N–H and O–H groups in total. The van der Waals surface area contributed by atoms with Gasteiger partial charge in [-0.3, -0.25) is 4.79 Å². The first-order valence-corrected chi connectivity index (χ1v) is 3.54. The van der Waals surface area contributed by atoms with Gasteiger partial charge in [0.2, 0.25) is 0 Å². The molecule has 1 unspecified atom stereocenters. The fourth-order valence-corrected chi connectivity index (χ4v) is 1.20. The van der Waals surface area contributed by atoms with E-state index in [9.17, 15) is 4.79 Å². The zero-order valence-corrected chi connectivity index (χ0v) is 5.81. The topological polar surface area (TPSA) is 29.1 Å². The first kappa shape index (κ1) is 6.75. The number of carbonyl (C=O) groups is 1. The van der Waals surface area contributed by atoms with Crippen LogP contribution >= 0.6 is 0 Å². The van der Waals surface area contributed by atoms with Crippen LogP contribution in [0.15, 0.2) is 0 Å². The number of hydrogen-bond donors (Lipinski definition) is 1. The summed E-state index contributed by atoms with van der Waals surface area (Å²) in [7, 11) is 0.